The van der Waals surface area contributed by atoms with Gasteiger partial charge in [0.05, 0.1) is 6.10 Å². The first-order valence-electron chi connectivity index (χ1n) is 6.11. The number of aliphatic hydroxyl groups excluding tert-OH is 1. The average Bonchev–Trinajstić information content (AvgIpc) is 2.48. The molecule has 2 rings (SSSR count). The van der Waals surface area contributed by atoms with Crippen molar-refractivity contribution in [3.8, 4) is 0 Å². The lowest BCUT2D eigenvalue weighted by molar-refractivity contribution is 0.202. The van der Waals surface area contributed by atoms with Gasteiger partial charge in [-0.1, -0.05) is 60.7 Å². The monoisotopic (exact) mass is 274 g/mol. The molecule has 0 amide bonds. The van der Waals surface area contributed by atoms with Crippen LogP contribution in [0.25, 0.3) is 5.76 Å². The van der Waals surface area contributed by atoms with Gasteiger partial charge in [0.15, 0.2) is 0 Å². The van der Waals surface area contributed by atoms with E-state index in [-0.39, 0.29) is 5.76 Å². The van der Waals surface area contributed by atoms with E-state index in [0.29, 0.717) is 11.1 Å². The van der Waals surface area contributed by atoms with Crippen LogP contribution in [0.3, 0.4) is 0 Å². The molecule has 0 aliphatic rings. The molecule has 0 aliphatic carbocycles. The molecule has 0 saturated heterocycles. The molecule has 0 aromatic heterocycles. The van der Waals surface area contributed by atoms with E-state index in [1.807, 2.05) is 0 Å². The summed E-state index contributed by atoms with van der Waals surface area (Å²) in [5.41, 5.74) is 1.10. The number of hydrogen-bond acceptors (Lipinski definition) is 2. The highest BCUT2D eigenvalue weighted by atomic mass is 19.2. The van der Waals surface area contributed by atoms with E-state index >= 15 is 0 Å². The summed E-state index contributed by atoms with van der Waals surface area (Å²) in [7, 11) is -2.92. The molecule has 2 nitrogen and oxygen atoms in total. The van der Waals surface area contributed by atoms with E-state index in [9.17, 15) is 13.7 Å². The third kappa shape index (κ3) is 3.93. The fourth-order valence-electron chi connectivity index (χ4n) is 1.82. The Bertz CT molecular complexity index is 559. The molecule has 20 heavy (non-hydrogen) atoms. The Balaban J connectivity index is 2.28. The quantitative estimate of drug-likeness (QED) is 0.651. The Morgan fingerprint density at radius 3 is 2.10 bits per heavy atom. The zero-order chi connectivity index (χ0) is 14.4. The Labute approximate surface area is 116 Å². The standard InChI is InChI=1S/C15H13BF2O2/c17-16(18)20-15(13-9-5-2-6-10-13)11-14(19)12-7-3-1-4-8-12/h1-11,15,19H/b14-11-. The molecule has 2 aromatic carbocycles. The molecule has 1 N–H and O–H groups in total. The number of benzene rings is 2. The molecule has 0 radical (unpaired) electrons. The van der Waals surface area contributed by atoms with Crippen LogP contribution in [-0.4, -0.2) is 12.6 Å². The zero-order valence-electron chi connectivity index (χ0n) is 10.6. The first-order chi connectivity index (χ1) is 9.66. The lowest BCUT2D eigenvalue weighted by Gasteiger charge is -2.14. The highest BCUT2D eigenvalue weighted by Gasteiger charge is 2.22. The smallest absolute Gasteiger partial charge is 0.508 e. The summed E-state index contributed by atoms with van der Waals surface area (Å²) >= 11 is 0. The van der Waals surface area contributed by atoms with Crippen molar-refractivity contribution in [2.75, 3.05) is 0 Å². The van der Waals surface area contributed by atoms with Gasteiger partial charge < -0.3 is 9.76 Å². The molecule has 5 heteroatoms. The third-order valence-electron chi connectivity index (χ3n) is 2.76. The van der Waals surface area contributed by atoms with E-state index in [2.05, 4.69) is 4.65 Å². The summed E-state index contributed by atoms with van der Waals surface area (Å²) < 4.78 is 29.5. The predicted molar refractivity (Wildman–Crippen MR) is 75.3 cm³/mol. The summed E-state index contributed by atoms with van der Waals surface area (Å²) in [5, 5.41) is 10.0. The van der Waals surface area contributed by atoms with Crippen molar-refractivity contribution in [1.29, 1.82) is 0 Å². The van der Waals surface area contributed by atoms with Crippen LogP contribution >= 0.6 is 0 Å². The lowest BCUT2D eigenvalue weighted by atomic mass is 10.1. The molecule has 1 unspecified atom stereocenters. The molecular formula is C15H13BF2O2. The first-order valence-corrected chi connectivity index (χ1v) is 6.11. The van der Waals surface area contributed by atoms with Gasteiger partial charge >= 0.3 is 7.47 Å². The minimum absolute atomic E-state index is 0.0971. The van der Waals surface area contributed by atoms with E-state index in [4.69, 9.17) is 0 Å². The van der Waals surface area contributed by atoms with E-state index in [1.165, 1.54) is 6.08 Å². The SMILES string of the molecule is O/C(=C\C(OB(F)F)c1ccccc1)c1ccccc1. The second-order valence-electron chi connectivity index (χ2n) is 4.15. The van der Waals surface area contributed by atoms with Crippen molar-refractivity contribution in [2.45, 2.75) is 6.10 Å². The molecule has 0 aliphatic heterocycles. The maximum absolute atomic E-state index is 12.5. The van der Waals surface area contributed by atoms with Crippen LogP contribution in [0.2, 0.25) is 0 Å². The number of rotatable bonds is 5. The minimum Gasteiger partial charge on any atom is -0.508 e. The normalized spacial score (nSPS) is 13.0. The fourth-order valence-corrected chi connectivity index (χ4v) is 1.82. The van der Waals surface area contributed by atoms with Gasteiger partial charge in [-0.3, -0.25) is 8.63 Å². The zero-order valence-corrected chi connectivity index (χ0v) is 10.6. The van der Waals surface area contributed by atoms with Crippen molar-refractivity contribution in [1.82, 2.24) is 0 Å². The lowest BCUT2D eigenvalue weighted by Crippen LogP contribution is -2.11. The van der Waals surface area contributed by atoms with Crippen LogP contribution in [0.1, 0.15) is 17.2 Å². The molecule has 0 heterocycles. The van der Waals surface area contributed by atoms with E-state index < -0.39 is 13.6 Å². The van der Waals surface area contributed by atoms with E-state index in [0.717, 1.165) is 0 Å². The third-order valence-corrected chi connectivity index (χ3v) is 2.76. The van der Waals surface area contributed by atoms with Crippen LogP contribution in [0, 0.1) is 0 Å². The Kier molecular flexibility index (Phi) is 4.90. The largest absolute Gasteiger partial charge is 0.721 e. The second-order valence-corrected chi connectivity index (χ2v) is 4.15. The van der Waals surface area contributed by atoms with Gasteiger partial charge in [-0.05, 0) is 11.6 Å². The number of hydrogen-bond donors (Lipinski definition) is 1. The topological polar surface area (TPSA) is 29.5 Å². The number of aliphatic hydroxyl groups is 1. The minimum atomic E-state index is -2.92. The number of halogens is 2. The van der Waals surface area contributed by atoms with Crippen LogP contribution in [0.15, 0.2) is 66.7 Å². The highest BCUT2D eigenvalue weighted by molar-refractivity contribution is 6.34. The van der Waals surface area contributed by atoms with Crippen molar-refractivity contribution < 1.29 is 18.4 Å². The maximum atomic E-state index is 12.5. The predicted octanol–water partition coefficient (Wildman–Crippen LogP) is 4.27. The van der Waals surface area contributed by atoms with Gasteiger partial charge in [0.25, 0.3) is 0 Å². The van der Waals surface area contributed by atoms with Crippen molar-refractivity contribution in [3.63, 3.8) is 0 Å². The van der Waals surface area contributed by atoms with Crippen LogP contribution in [-0.2, 0) is 4.65 Å². The molecule has 0 spiro atoms. The second kappa shape index (κ2) is 6.87. The van der Waals surface area contributed by atoms with Gasteiger partial charge in [-0.15, -0.1) is 0 Å². The van der Waals surface area contributed by atoms with Gasteiger partial charge in [-0.25, -0.2) is 0 Å². The summed E-state index contributed by atoms with van der Waals surface area (Å²) in [5.74, 6) is -0.0971. The summed E-state index contributed by atoms with van der Waals surface area (Å²) in [4.78, 5) is 0. The van der Waals surface area contributed by atoms with Crippen molar-refractivity contribution in [2.24, 2.45) is 0 Å². The van der Waals surface area contributed by atoms with Crippen LogP contribution in [0.4, 0.5) is 8.63 Å². The van der Waals surface area contributed by atoms with Crippen molar-refractivity contribution >= 4 is 13.2 Å². The average molecular weight is 274 g/mol. The summed E-state index contributed by atoms with van der Waals surface area (Å²) in [6.45, 7) is 0. The van der Waals surface area contributed by atoms with Gasteiger partial charge in [-0.2, -0.15) is 0 Å². The molecule has 2 aromatic rings. The summed E-state index contributed by atoms with van der Waals surface area (Å²) in [6, 6.07) is 17.3. The van der Waals surface area contributed by atoms with Gasteiger partial charge in [0.1, 0.15) is 5.76 Å². The van der Waals surface area contributed by atoms with Gasteiger partial charge in [0.2, 0.25) is 0 Å². The van der Waals surface area contributed by atoms with Gasteiger partial charge in [0, 0.05) is 5.56 Å². The van der Waals surface area contributed by atoms with Crippen LogP contribution < -0.4 is 0 Å². The molecule has 0 bridgehead atoms. The van der Waals surface area contributed by atoms with E-state index in [1.54, 1.807) is 60.7 Å². The molecule has 0 fully saturated rings. The Morgan fingerprint density at radius 2 is 1.55 bits per heavy atom. The Hall–Kier alpha value is -2.14. The summed E-state index contributed by atoms with van der Waals surface area (Å²) in [6.07, 6.45) is 0.271. The van der Waals surface area contributed by atoms with Crippen LogP contribution in [0.5, 0.6) is 0 Å². The first kappa shape index (κ1) is 14.3. The maximum Gasteiger partial charge on any atom is 0.721 e. The van der Waals surface area contributed by atoms with Crippen molar-refractivity contribution in [3.05, 3.63) is 77.9 Å². The fraction of sp³-hybridized carbons (Fsp3) is 0.0667. The Morgan fingerprint density at radius 1 is 1.00 bits per heavy atom. The molecule has 0 saturated carbocycles. The highest BCUT2D eigenvalue weighted by Crippen LogP contribution is 2.24. The molecule has 1 atom stereocenters. The molecule has 102 valence electrons. The molecular weight excluding hydrogens is 261 g/mol.